The van der Waals surface area contributed by atoms with Crippen LogP contribution in [0.4, 0.5) is 5.69 Å². The van der Waals surface area contributed by atoms with Gasteiger partial charge >= 0.3 is 0 Å². The Labute approximate surface area is 129 Å². The molecule has 0 bridgehead atoms. The standard InChI is InChI=1S/C17H18N2OS/c1-21-14-7-5-12(6-8-14)17(20)19-16-4-2-3-13-11-18-10-9-15(13)16/h2-8,18H,9-11H2,1H3,(H,19,20). The fourth-order valence-electron chi connectivity index (χ4n) is 2.59. The Morgan fingerprint density at radius 3 is 2.76 bits per heavy atom. The fraction of sp³-hybridized carbons (Fsp3) is 0.235. The summed E-state index contributed by atoms with van der Waals surface area (Å²) in [6, 6.07) is 13.8. The first-order chi connectivity index (χ1) is 10.3. The zero-order valence-electron chi connectivity index (χ0n) is 12.0. The van der Waals surface area contributed by atoms with Crippen LogP contribution in [0.15, 0.2) is 47.4 Å². The van der Waals surface area contributed by atoms with E-state index in [9.17, 15) is 4.79 Å². The summed E-state index contributed by atoms with van der Waals surface area (Å²) >= 11 is 1.67. The van der Waals surface area contributed by atoms with Gasteiger partial charge in [0.1, 0.15) is 0 Å². The number of amides is 1. The lowest BCUT2D eigenvalue weighted by Gasteiger charge is -2.20. The minimum atomic E-state index is -0.0467. The molecule has 2 N–H and O–H groups in total. The average molecular weight is 298 g/mol. The molecule has 3 rings (SSSR count). The van der Waals surface area contributed by atoms with Gasteiger partial charge in [-0.25, -0.2) is 0 Å². The quantitative estimate of drug-likeness (QED) is 0.854. The van der Waals surface area contributed by atoms with Crippen LogP contribution in [-0.2, 0) is 13.0 Å². The van der Waals surface area contributed by atoms with E-state index >= 15 is 0 Å². The van der Waals surface area contributed by atoms with E-state index in [1.54, 1.807) is 11.8 Å². The van der Waals surface area contributed by atoms with Crippen LogP contribution in [0.3, 0.4) is 0 Å². The summed E-state index contributed by atoms with van der Waals surface area (Å²) < 4.78 is 0. The molecule has 21 heavy (non-hydrogen) atoms. The molecule has 0 unspecified atom stereocenters. The van der Waals surface area contributed by atoms with Gasteiger partial charge in [0, 0.05) is 22.7 Å². The number of fused-ring (bicyclic) bond motifs is 1. The molecule has 3 nitrogen and oxygen atoms in total. The second-order valence-corrected chi connectivity index (χ2v) is 5.93. The zero-order chi connectivity index (χ0) is 14.7. The van der Waals surface area contributed by atoms with Gasteiger partial charge in [0.15, 0.2) is 0 Å². The zero-order valence-corrected chi connectivity index (χ0v) is 12.8. The van der Waals surface area contributed by atoms with Crippen LogP contribution in [0.2, 0.25) is 0 Å². The van der Waals surface area contributed by atoms with Crippen molar-refractivity contribution in [3.8, 4) is 0 Å². The van der Waals surface area contributed by atoms with Gasteiger partial charge in [-0.2, -0.15) is 0 Å². The molecule has 0 saturated heterocycles. The lowest BCUT2D eigenvalue weighted by molar-refractivity contribution is 0.102. The van der Waals surface area contributed by atoms with E-state index in [0.717, 1.165) is 30.1 Å². The highest BCUT2D eigenvalue weighted by atomic mass is 32.2. The number of anilines is 1. The third-order valence-corrected chi connectivity index (χ3v) is 4.48. The number of nitrogens with one attached hydrogen (secondary N) is 2. The van der Waals surface area contributed by atoms with E-state index in [-0.39, 0.29) is 5.91 Å². The van der Waals surface area contributed by atoms with Crippen LogP contribution < -0.4 is 10.6 Å². The molecule has 1 heterocycles. The lowest BCUT2D eigenvalue weighted by atomic mass is 9.99. The number of thioether (sulfide) groups is 1. The SMILES string of the molecule is CSc1ccc(C(=O)Nc2cccc3c2CCNC3)cc1. The maximum absolute atomic E-state index is 12.4. The normalized spacial score (nSPS) is 13.6. The van der Waals surface area contributed by atoms with Crippen molar-refractivity contribution in [1.82, 2.24) is 5.32 Å². The molecule has 1 aliphatic rings. The first kappa shape index (κ1) is 14.2. The van der Waals surface area contributed by atoms with Gasteiger partial charge in [0.25, 0.3) is 5.91 Å². The van der Waals surface area contributed by atoms with Gasteiger partial charge in [-0.3, -0.25) is 4.79 Å². The first-order valence-electron chi connectivity index (χ1n) is 7.05. The van der Waals surface area contributed by atoms with Crippen LogP contribution in [0.1, 0.15) is 21.5 Å². The predicted octanol–water partition coefficient (Wildman–Crippen LogP) is 3.31. The predicted molar refractivity (Wildman–Crippen MR) is 88.0 cm³/mol. The molecule has 0 fully saturated rings. The van der Waals surface area contributed by atoms with Crippen molar-refractivity contribution in [1.29, 1.82) is 0 Å². The summed E-state index contributed by atoms with van der Waals surface area (Å²) in [5.74, 6) is -0.0467. The first-order valence-corrected chi connectivity index (χ1v) is 8.27. The molecular weight excluding hydrogens is 280 g/mol. The number of hydrogen-bond donors (Lipinski definition) is 2. The monoisotopic (exact) mass is 298 g/mol. The van der Waals surface area contributed by atoms with Crippen LogP contribution in [-0.4, -0.2) is 18.7 Å². The molecule has 2 aromatic carbocycles. The number of hydrogen-bond acceptors (Lipinski definition) is 3. The molecule has 108 valence electrons. The number of carbonyl (C=O) groups is 1. The highest BCUT2D eigenvalue weighted by Gasteiger charge is 2.14. The maximum Gasteiger partial charge on any atom is 0.255 e. The Morgan fingerprint density at radius 1 is 1.19 bits per heavy atom. The van der Waals surface area contributed by atoms with Gasteiger partial charge in [-0.05, 0) is 60.7 Å². The van der Waals surface area contributed by atoms with Crippen molar-refractivity contribution in [3.63, 3.8) is 0 Å². The summed E-state index contributed by atoms with van der Waals surface area (Å²) in [6.45, 7) is 1.84. The molecule has 4 heteroatoms. The second-order valence-electron chi connectivity index (χ2n) is 5.05. The van der Waals surface area contributed by atoms with Gasteiger partial charge in [0.05, 0.1) is 0 Å². The molecule has 2 aromatic rings. The van der Waals surface area contributed by atoms with Gasteiger partial charge in [-0.15, -0.1) is 11.8 Å². The van der Waals surface area contributed by atoms with Crippen molar-refractivity contribution in [3.05, 3.63) is 59.2 Å². The number of carbonyl (C=O) groups excluding carboxylic acids is 1. The maximum atomic E-state index is 12.4. The summed E-state index contributed by atoms with van der Waals surface area (Å²) in [5, 5.41) is 6.40. The van der Waals surface area contributed by atoms with Gasteiger partial charge in [-0.1, -0.05) is 12.1 Å². The highest BCUT2D eigenvalue weighted by Crippen LogP contribution is 2.24. The Bertz CT molecular complexity index is 652. The number of benzene rings is 2. The Morgan fingerprint density at radius 2 is 2.00 bits per heavy atom. The van der Waals surface area contributed by atoms with E-state index in [2.05, 4.69) is 16.7 Å². The molecule has 0 saturated carbocycles. The largest absolute Gasteiger partial charge is 0.322 e. The third kappa shape index (κ3) is 3.12. The van der Waals surface area contributed by atoms with Gasteiger partial charge in [0.2, 0.25) is 0 Å². The van der Waals surface area contributed by atoms with Crippen molar-refractivity contribution in [2.24, 2.45) is 0 Å². The van der Waals surface area contributed by atoms with Crippen LogP contribution >= 0.6 is 11.8 Å². The minimum absolute atomic E-state index is 0.0467. The molecular formula is C17H18N2OS. The van der Waals surface area contributed by atoms with Crippen LogP contribution in [0, 0.1) is 0 Å². The Kier molecular flexibility index (Phi) is 4.27. The smallest absolute Gasteiger partial charge is 0.255 e. The van der Waals surface area contributed by atoms with E-state index in [1.807, 2.05) is 42.7 Å². The van der Waals surface area contributed by atoms with Crippen molar-refractivity contribution < 1.29 is 4.79 Å². The summed E-state index contributed by atoms with van der Waals surface area (Å²) in [7, 11) is 0. The van der Waals surface area contributed by atoms with E-state index in [0.29, 0.717) is 5.56 Å². The molecule has 1 amide bonds. The van der Waals surface area contributed by atoms with Crippen molar-refractivity contribution in [2.75, 3.05) is 18.1 Å². The Hall–Kier alpha value is -1.78. The van der Waals surface area contributed by atoms with E-state index in [4.69, 9.17) is 0 Å². The van der Waals surface area contributed by atoms with Crippen LogP contribution in [0.25, 0.3) is 0 Å². The molecule has 1 aliphatic heterocycles. The minimum Gasteiger partial charge on any atom is -0.322 e. The van der Waals surface area contributed by atoms with Crippen molar-refractivity contribution in [2.45, 2.75) is 17.9 Å². The van der Waals surface area contributed by atoms with Gasteiger partial charge < -0.3 is 10.6 Å². The molecule has 0 radical (unpaired) electrons. The average Bonchev–Trinajstić information content (AvgIpc) is 2.55. The fourth-order valence-corrected chi connectivity index (χ4v) is 2.99. The summed E-state index contributed by atoms with van der Waals surface area (Å²) in [4.78, 5) is 13.5. The molecule has 0 spiro atoms. The molecule has 0 aromatic heterocycles. The highest BCUT2D eigenvalue weighted by molar-refractivity contribution is 7.98. The van der Waals surface area contributed by atoms with E-state index < -0.39 is 0 Å². The van der Waals surface area contributed by atoms with E-state index in [1.165, 1.54) is 11.1 Å². The third-order valence-electron chi connectivity index (χ3n) is 3.74. The van der Waals surface area contributed by atoms with Crippen molar-refractivity contribution >= 4 is 23.4 Å². The topological polar surface area (TPSA) is 41.1 Å². The number of rotatable bonds is 3. The second kappa shape index (κ2) is 6.33. The Balaban J connectivity index is 1.81. The molecule has 0 atom stereocenters. The molecule has 0 aliphatic carbocycles. The summed E-state index contributed by atoms with van der Waals surface area (Å²) in [5.41, 5.74) is 4.16. The van der Waals surface area contributed by atoms with Crippen LogP contribution in [0.5, 0.6) is 0 Å². The summed E-state index contributed by atoms with van der Waals surface area (Å²) in [6.07, 6.45) is 2.98. The lowest BCUT2D eigenvalue weighted by Crippen LogP contribution is -2.25.